The second-order valence-electron chi connectivity index (χ2n) is 6.46. The molecule has 1 aromatic heterocycles. The van der Waals surface area contributed by atoms with E-state index in [0.29, 0.717) is 51.7 Å². The number of rotatable bonds is 10. The molecule has 0 saturated carbocycles. The van der Waals surface area contributed by atoms with Crippen LogP contribution in [-0.2, 0) is 37.4 Å². The standard InChI is InChI=1S/C17H29NO6Si/c1-4-21-25(22-5-2,23-6-3)9-7-8-18-16(19)12-10-14-15(24-14)11-13(12)17(18)20/h14-15,19-20H,4-11H2,1-3H3. The Balaban J connectivity index is 1.66. The third kappa shape index (κ3) is 3.73. The van der Waals surface area contributed by atoms with Crippen molar-refractivity contribution in [2.75, 3.05) is 19.8 Å². The van der Waals surface area contributed by atoms with Crippen molar-refractivity contribution in [2.24, 2.45) is 0 Å². The van der Waals surface area contributed by atoms with Crippen LogP contribution in [0.5, 0.6) is 11.8 Å². The van der Waals surface area contributed by atoms with E-state index < -0.39 is 8.80 Å². The summed E-state index contributed by atoms with van der Waals surface area (Å²) in [7, 11) is -2.70. The van der Waals surface area contributed by atoms with Crippen molar-refractivity contribution >= 4 is 8.80 Å². The maximum Gasteiger partial charge on any atom is 0.500 e. The van der Waals surface area contributed by atoms with Crippen molar-refractivity contribution in [1.29, 1.82) is 0 Å². The normalized spacial score (nSPS) is 21.9. The van der Waals surface area contributed by atoms with Gasteiger partial charge in [0.1, 0.15) is 0 Å². The van der Waals surface area contributed by atoms with Gasteiger partial charge >= 0.3 is 8.80 Å². The van der Waals surface area contributed by atoms with Crippen molar-refractivity contribution in [1.82, 2.24) is 4.57 Å². The molecule has 25 heavy (non-hydrogen) atoms. The van der Waals surface area contributed by atoms with E-state index in [9.17, 15) is 10.2 Å². The van der Waals surface area contributed by atoms with Crippen LogP contribution in [0.2, 0.25) is 6.04 Å². The third-order valence-corrected chi connectivity index (χ3v) is 8.02. The summed E-state index contributed by atoms with van der Waals surface area (Å²) >= 11 is 0. The molecule has 0 bridgehead atoms. The Kier molecular flexibility index (Phi) is 5.74. The molecule has 3 rings (SSSR count). The van der Waals surface area contributed by atoms with Crippen molar-refractivity contribution in [3.63, 3.8) is 0 Å². The summed E-state index contributed by atoms with van der Waals surface area (Å²) < 4.78 is 24.7. The van der Waals surface area contributed by atoms with Gasteiger partial charge in [0, 0.05) is 56.4 Å². The van der Waals surface area contributed by atoms with Crippen molar-refractivity contribution in [3.8, 4) is 11.8 Å². The zero-order valence-corrected chi connectivity index (χ0v) is 16.3. The molecule has 1 saturated heterocycles. The smallest absolute Gasteiger partial charge is 0.494 e. The molecule has 1 aliphatic heterocycles. The van der Waals surface area contributed by atoms with Gasteiger partial charge < -0.3 is 28.2 Å². The van der Waals surface area contributed by atoms with Gasteiger partial charge in [-0.2, -0.15) is 0 Å². The number of ether oxygens (including phenoxy) is 1. The molecule has 2 unspecified atom stereocenters. The topological polar surface area (TPSA) is 85.6 Å². The molecule has 1 aliphatic carbocycles. The van der Waals surface area contributed by atoms with Crippen LogP contribution >= 0.6 is 0 Å². The molecule has 8 heteroatoms. The fourth-order valence-electron chi connectivity index (χ4n) is 3.73. The predicted molar refractivity (Wildman–Crippen MR) is 93.9 cm³/mol. The number of aromatic nitrogens is 1. The summed E-state index contributed by atoms with van der Waals surface area (Å²) in [5.41, 5.74) is 1.67. The number of aromatic hydroxyl groups is 2. The Labute approximate surface area is 149 Å². The lowest BCUT2D eigenvalue weighted by Crippen LogP contribution is -2.46. The van der Waals surface area contributed by atoms with Crippen LogP contribution < -0.4 is 0 Å². The number of epoxide rings is 1. The SMILES string of the molecule is CCO[Si](CCCn1c(O)c2c(c1O)CC1OC1C2)(OCC)OCC. The maximum absolute atomic E-state index is 10.5. The number of hydrogen-bond acceptors (Lipinski definition) is 6. The van der Waals surface area contributed by atoms with Crippen molar-refractivity contribution in [2.45, 2.75) is 64.8 Å². The molecule has 142 valence electrons. The zero-order valence-electron chi connectivity index (χ0n) is 15.3. The molecule has 2 heterocycles. The van der Waals surface area contributed by atoms with Crippen molar-refractivity contribution < 1.29 is 28.2 Å². The van der Waals surface area contributed by atoms with E-state index in [0.717, 1.165) is 11.1 Å². The molecule has 7 nitrogen and oxygen atoms in total. The van der Waals surface area contributed by atoms with Crippen LogP contribution in [0.1, 0.15) is 38.3 Å². The highest BCUT2D eigenvalue weighted by molar-refractivity contribution is 6.60. The summed E-state index contributed by atoms with van der Waals surface area (Å²) in [6, 6.07) is 0.651. The van der Waals surface area contributed by atoms with Gasteiger partial charge in [-0.3, -0.25) is 4.57 Å². The summed E-state index contributed by atoms with van der Waals surface area (Å²) in [5.74, 6) is 0.330. The summed E-state index contributed by atoms with van der Waals surface area (Å²) in [6.45, 7) is 7.94. The first kappa shape index (κ1) is 18.7. The Morgan fingerprint density at radius 3 is 1.88 bits per heavy atom. The predicted octanol–water partition coefficient (Wildman–Crippen LogP) is 2.20. The molecule has 0 spiro atoms. The Morgan fingerprint density at radius 1 is 0.960 bits per heavy atom. The van der Waals surface area contributed by atoms with Crippen LogP contribution in [0, 0.1) is 0 Å². The molecule has 0 amide bonds. The summed E-state index contributed by atoms with van der Waals surface area (Å²) in [4.78, 5) is 0. The van der Waals surface area contributed by atoms with Gasteiger partial charge in [-0.05, 0) is 27.2 Å². The molecule has 1 aromatic rings. The molecular weight excluding hydrogens is 342 g/mol. The second kappa shape index (κ2) is 7.67. The van der Waals surface area contributed by atoms with Gasteiger partial charge in [-0.25, -0.2) is 0 Å². The fourth-order valence-corrected chi connectivity index (χ4v) is 6.33. The summed E-state index contributed by atoms with van der Waals surface area (Å²) in [5, 5.41) is 21.0. The van der Waals surface area contributed by atoms with Crippen molar-refractivity contribution in [3.05, 3.63) is 11.1 Å². The lowest BCUT2D eigenvalue weighted by Gasteiger charge is -2.28. The highest BCUT2D eigenvalue weighted by Crippen LogP contribution is 2.45. The first-order valence-corrected chi connectivity index (χ1v) is 11.2. The zero-order chi connectivity index (χ0) is 18.0. The second-order valence-corrected chi connectivity index (χ2v) is 9.19. The minimum absolute atomic E-state index is 0.165. The first-order valence-electron chi connectivity index (χ1n) is 9.24. The number of hydrogen-bond donors (Lipinski definition) is 2. The van der Waals surface area contributed by atoms with E-state index in [4.69, 9.17) is 18.0 Å². The molecule has 2 N–H and O–H groups in total. The van der Waals surface area contributed by atoms with E-state index in [1.807, 2.05) is 20.8 Å². The molecule has 0 aromatic carbocycles. The van der Waals surface area contributed by atoms with E-state index in [1.54, 1.807) is 4.57 Å². The average Bonchev–Trinajstić information content (AvgIpc) is 3.31. The van der Waals surface area contributed by atoms with E-state index in [-0.39, 0.29) is 24.0 Å². The van der Waals surface area contributed by atoms with Gasteiger partial charge in [-0.15, -0.1) is 0 Å². The molecular formula is C17H29NO6Si. The van der Waals surface area contributed by atoms with E-state index in [2.05, 4.69) is 0 Å². The lowest BCUT2D eigenvalue weighted by atomic mass is 9.95. The van der Waals surface area contributed by atoms with Crippen LogP contribution in [-0.4, -0.2) is 55.6 Å². The quantitative estimate of drug-likeness (QED) is 0.484. The average molecular weight is 372 g/mol. The molecule has 2 aliphatic rings. The van der Waals surface area contributed by atoms with Gasteiger partial charge in [0.25, 0.3) is 0 Å². The first-order chi connectivity index (χ1) is 12.0. The van der Waals surface area contributed by atoms with Crippen LogP contribution in [0.25, 0.3) is 0 Å². The third-order valence-electron chi connectivity index (χ3n) is 4.87. The largest absolute Gasteiger partial charge is 0.500 e. The van der Waals surface area contributed by atoms with E-state index in [1.165, 1.54) is 0 Å². The lowest BCUT2D eigenvalue weighted by molar-refractivity contribution is 0.0704. The number of nitrogens with zero attached hydrogens (tertiary/aromatic N) is 1. The van der Waals surface area contributed by atoms with Gasteiger partial charge in [0.05, 0.1) is 12.2 Å². The van der Waals surface area contributed by atoms with Gasteiger partial charge in [0.15, 0.2) is 11.8 Å². The number of fused-ring (bicyclic) bond motifs is 2. The van der Waals surface area contributed by atoms with E-state index >= 15 is 0 Å². The highest BCUT2D eigenvalue weighted by Gasteiger charge is 2.46. The summed E-state index contributed by atoms with van der Waals surface area (Å²) in [6.07, 6.45) is 2.49. The van der Waals surface area contributed by atoms with Crippen LogP contribution in [0.15, 0.2) is 0 Å². The minimum atomic E-state index is -2.70. The Hall–Kier alpha value is -1.06. The minimum Gasteiger partial charge on any atom is -0.494 e. The maximum atomic E-state index is 10.5. The fraction of sp³-hybridized carbons (Fsp3) is 0.765. The van der Waals surface area contributed by atoms with Gasteiger partial charge in [0.2, 0.25) is 0 Å². The Morgan fingerprint density at radius 2 is 1.44 bits per heavy atom. The highest BCUT2D eigenvalue weighted by atomic mass is 28.4. The van der Waals surface area contributed by atoms with Crippen LogP contribution in [0.4, 0.5) is 0 Å². The van der Waals surface area contributed by atoms with Gasteiger partial charge in [-0.1, -0.05) is 0 Å². The Bertz CT molecular complexity index is 554. The molecule has 1 fully saturated rings. The monoisotopic (exact) mass is 371 g/mol. The van der Waals surface area contributed by atoms with Crippen LogP contribution in [0.3, 0.4) is 0 Å². The molecule has 0 radical (unpaired) electrons. The molecule has 2 atom stereocenters.